The van der Waals surface area contributed by atoms with Gasteiger partial charge in [0.25, 0.3) is 0 Å². The molecule has 0 aromatic carbocycles. The van der Waals surface area contributed by atoms with Gasteiger partial charge in [-0.3, -0.25) is 0 Å². The molecule has 0 saturated heterocycles. The molecule has 0 bridgehead atoms. The maximum Gasteiger partial charge on any atom is 0.407 e. The Bertz CT molecular complexity index is 333. The summed E-state index contributed by atoms with van der Waals surface area (Å²) in [6, 6.07) is 0.909. The first kappa shape index (κ1) is 20.3. The van der Waals surface area contributed by atoms with E-state index in [1.165, 1.54) is 44.9 Å². The van der Waals surface area contributed by atoms with Crippen molar-refractivity contribution >= 4 is 6.09 Å². The van der Waals surface area contributed by atoms with Crippen LogP contribution in [0, 0.1) is 5.92 Å². The van der Waals surface area contributed by atoms with E-state index in [4.69, 9.17) is 4.74 Å². The maximum atomic E-state index is 12.0. The molecule has 2 unspecified atom stereocenters. The summed E-state index contributed by atoms with van der Waals surface area (Å²) in [6.45, 7) is 10.8. The molecule has 0 aromatic rings. The van der Waals surface area contributed by atoms with Crippen molar-refractivity contribution < 1.29 is 9.53 Å². The van der Waals surface area contributed by atoms with Crippen LogP contribution in [0.1, 0.15) is 86.0 Å². The summed E-state index contributed by atoms with van der Waals surface area (Å²) in [4.78, 5) is 12.0. The van der Waals surface area contributed by atoms with E-state index < -0.39 is 5.60 Å². The third kappa shape index (κ3) is 8.59. The number of nitrogens with one attached hydrogen (secondary N) is 2. The van der Waals surface area contributed by atoms with Crippen LogP contribution in [0.2, 0.25) is 0 Å². The van der Waals surface area contributed by atoms with Crippen molar-refractivity contribution in [2.75, 3.05) is 6.54 Å². The topological polar surface area (TPSA) is 50.4 Å². The molecule has 0 spiro atoms. The minimum atomic E-state index is -0.438. The minimum absolute atomic E-state index is 0.302. The highest BCUT2D eigenvalue weighted by molar-refractivity contribution is 5.67. The zero-order valence-corrected chi connectivity index (χ0v) is 15.9. The quantitative estimate of drug-likeness (QED) is 0.684. The molecule has 0 aliphatic heterocycles. The highest BCUT2D eigenvalue weighted by Gasteiger charge is 2.26. The van der Waals surface area contributed by atoms with Gasteiger partial charge in [-0.05, 0) is 52.4 Å². The van der Waals surface area contributed by atoms with Crippen LogP contribution >= 0.6 is 0 Å². The molecule has 0 radical (unpaired) electrons. The average molecular weight is 327 g/mol. The lowest BCUT2D eigenvalue weighted by atomic mass is 9.83. The molecule has 1 saturated carbocycles. The van der Waals surface area contributed by atoms with Crippen LogP contribution in [0.15, 0.2) is 0 Å². The predicted molar refractivity (Wildman–Crippen MR) is 96.7 cm³/mol. The van der Waals surface area contributed by atoms with E-state index in [0.717, 1.165) is 6.42 Å². The lowest BCUT2D eigenvalue weighted by molar-refractivity contribution is 0.0514. The molecule has 23 heavy (non-hydrogen) atoms. The molecular formula is C19H38N2O2. The van der Waals surface area contributed by atoms with Crippen LogP contribution in [-0.2, 0) is 4.74 Å². The van der Waals surface area contributed by atoms with Gasteiger partial charge in [0.05, 0.1) is 0 Å². The minimum Gasteiger partial charge on any atom is -0.444 e. The molecule has 1 rings (SSSR count). The van der Waals surface area contributed by atoms with Gasteiger partial charge in [-0.25, -0.2) is 4.79 Å². The van der Waals surface area contributed by atoms with E-state index in [0.29, 0.717) is 24.5 Å². The van der Waals surface area contributed by atoms with Crippen LogP contribution in [-0.4, -0.2) is 30.3 Å². The van der Waals surface area contributed by atoms with Gasteiger partial charge >= 0.3 is 6.09 Å². The van der Waals surface area contributed by atoms with Crippen LogP contribution in [0.4, 0.5) is 4.79 Å². The summed E-state index contributed by atoms with van der Waals surface area (Å²) in [5.41, 5.74) is -0.438. The van der Waals surface area contributed by atoms with Crippen LogP contribution in [0.5, 0.6) is 0 Å². The van der Waals surface area contributed by atoms with Gasteiger partial charge in [0.15, 0.2) is 0 Å². The molecule has 2 N–H and O–H groups in total. The molecule has 1 aliphatic carbocycles. The third-order valence-corrected chi connectivity index (χ3v) is 4.66. The highest BCUT2D eigenvalue weighted by atomic mass is 16.6. The van der Waals surface area contributed by atoms with Crippen molar-refractivity contribution in [1.82, 2.24) is 10.6 Å². The Morgan fingerprint density at radius 3 is 2.35 bits per heavy atom. The molecular weight excluding hydrogens is 288 g/mol. The first-order valence-electron chi connectivity index (χ1n) is 9.58. The summed E-state index contributed by atoms with van der Waals surface area (Å²) in [6.07, 6.45) is 9.78. The second-order valence-electron chi connectivity index (χ2n) is 7.95. The molecule has 4 heteroatoms. The molecule has 0 aromatic heterocycles. The summed E-state index contributed by atoms with van der Waals surface area (Å²) in [5, 5.41) is 6.81. The van der Waals surface area contributed by atoms with Gasteiger partial charge in [-0.2, -0.15) is 0 Å². The average Bonchev–Trinajstić information content (AvgIpc) is 2.49. The largest absolute Gasteiger partial charge is 0.444 e. The monoisotopic (exact) mass is 326 g/mol. The van der Waals surface area contributed by atoms with E-state index >= 15 is 0 Å². The van der Waals surface area contributed by atoms with E-state index in [2.05, 4.69) is 24.5 Å². The van der Waals surface area contributed by atoms with Crippen molar-refractivity contribution in [2.24, 2.45) is 5.92 Å². The van der Waals surface area contributed by atoms with Gasteiger partial charge in [0.1, 0.15) is 5.60 Å². The fraction of sp³-hybridized carbons (Fsp3) is 0.947. The number of hydrogen-bond donors (Lipinski definition) is 2. The molecule has 1 fully saturated rings. The van der Waals surface area contributed by atoms with Crippen molar-refractivity contribution in [3.8, 4) is 0 Å². The highest BCUT2D eigenvalue weighted by Crippen LogP contribution is 2.27. The summed E-state index contributed by atoms with van der Waals surface area (Å²) >= 11 is 0. The second-order valence-corrected chi connectivity index (χ2v) is 7.95. The smallest absolute Gasteiger partial charge is 0.407 e. The summed E-state index contributed by atoms with van der Waals surface area (Å²) < 4.78 is 5.38. The van der Waals surface area contributed by atoms with Crippen molar-refractivity contribution in [1.29, 1.82) is 0 Å². The lowest BCUT2D eigenvalue weighted by Gasteiger charge is -2.34. The Morgan fingerprint density at radius 2 is 1.83 bits per heavy atom. The third-order valence-electron chi connectivity index (χ3n) is 4.66. The van der Waals surface area contributed by atoms with Gasteiger partial charge in [0.2, 0.25) is 0 Å². The molecule has 4 nitrogen and oxygen atoms in total. The van der Waals surface area contributed by atoms with E-state index in [-0.39, 0.29) is 6.09 Å². The number of carbonyl (C=O) groups excluding carboxylic acids is 1. The summed E-state index contributed by atoms with van der Waals surface area (Å²) in [5.74, 6) is 0.671. The number of ether oxygens (including phenoxy) is 1. The molecule has 1 amide bonds. The first-order chi connectivity index (χ1) is 10.9. The van der Waals surface area contributed by atoms with Gasteiger partial charge < -0.3 is 15.4 Å². The SMILES string of the molecule is CCCC(CC)NC(CNC(=O)OC(C)(C)C)C1CCCCC1. The number of rotatable bonds is 8. The van der Waals surface area contributed by atoms with E-state index in [1.807, 2.05) is 20.8 Å². The first-order valence-corrected chi connectivity index (χ1v) is 9.58. The van der Waals surface area contributed by atoms with Gasteiger partial charge in [-0.15, -0.1) is 0 Å². The Labute approximate surface area is 143 Å². The Hall–Kier alpha value is -0.770. The molecule has 2 atom stereocenters. The second kappa shape index (κ2) is 10.2. The van der Waals surface area contributed by atoms with E-state index in [1.54, 1.807) is 0 Å². The van der Waals surface area contributed by atoms with Crippen LogP contribution < -0.4 is 10.6 Å². The Morgan fingerprint density at radius 1 is 1.17 bits per heavy atom. The zero-order valence-electron chi connectivity index (χ0n) is 15.9. The number of carbonyl (C=O) groups is 1. The van der Waals surface area contributed by atoms with Crippen molar-refractivity contribution in [2.45, 2.75) is 104 Å². The Kier molecular flexibility index (Phi) is 8.96. The molecule has 136 valence electrons. The van der Waals surface area contributed by atoms with Gasteiger partial charge in [-0.1, -0.05) is 39.5 Å². The molecule has 0 heterocycles. The van der Waals surface area contributed by atoms with Crippen LogP contribution in [0.25, 0.3) is 0 Å². The predicted octanol–water partition coefficient (Wildman–Crippen LogP) is 4.63. The number of hydrogen-bond acceptors (Lipinski definition) is 3. The van der Waals surface area contributed by atoms with Crippen molar-refractivity contribution in [3.63, 3.8) is 0 Å². The van der Waals surface area contributed by atoms with Crippen molar-refractivity contribution in [3.05, 3.63) is 0 Å². The Balaban J connectivity index is 2.57. The standard InChI is InChI=1S/C19H38N2O2/c1-6-11-16(7-2)21-17(15-12-9-8-10-13-15)14-20-18(22)23-19(3,4)5/h15-17,21H,6-14H2,1-5H3,(H,20,22). The fourth-order valence-electron chi connectivity index (χ4n) is 3.46. The zero-order chi connectivity index (χ0) is 17.3. The number of alkyl carbamates (subject to hydrolysis) is 1. The summed E-state index contributed by atoms with van der Waals surface area (Å²) in [7, 11) is 0. The van der Waals surface area contributed by atoms with Crippen LogP contribution in [0.3, 0.4) is 0 Å². The van der Waals surface area contributed by atoms with E-state index in [9.17, 15) is 4.79 Å². The normalized spacial score (nSPS) is 19.2. The molecule has 1 aliphatic rings. The lowest BCUT2D eigenvalue weighted by Crippen LogP contribution is -2.50. The maximum absolute atomic E-state index is 12.0. The number of amides is 1. The van der Waals surface area contributed by atoms with Gasteiger partial charge in [0, 0.05) is 18.6 Å². The fourth-order valence-corrected chi connectivity index (χ4v) is 3.46.